The molecule has 0 amide bonds. The molecule has 0 aliphatic carbocycles. The smallest absolute Gasteiger partial charge is 0.327 e. The van der Waals surface area contributed by atoms with Crippen LogP contribution >= 0.6 is 0 Å². The number of carboxylic acids is 1. The third-order valence-electron chi connectivity index (χ3n) is 4.47. The van der Waals surface area contributed by atoms with Crippen molar-refractivity contribution in [2.45, 2.75) is 29.7 Å². The zero-order valence-corrected chi connectivity index (χ0v) is 13.7. The minimum Gasteiger partial charge on any atom is -0.480 e. The molecule has 0 radical (unpaired) electrons. The molecule has 1 saturated heterocycles. The van der Waals surface area contributed by atoms with Crippen LogP contribution < -0.4 is 9.62 Å². The van der Waals surface area contributed by atoms with E-state index in [1.165, 1.54) is 6.07 Å². The van der Waals surface area contributed by atoms with Crippen LogP contribution in [0.15, 0.2) is 23.1 Å². The molecule has 1 unspecified atom stereocenters. The van der Waals surface area contributed by atoms with Gasteiger partial charge in [0.1, 0.15) is 0 Å². The molecular formula is C15H20N2O5S. The van der Waals surface area contributed by atoms with E-state index in [0.29, 0.717) is 13.0 Å². The molecule has 1 aromatic rings. The summed E-state index contributed by atoms with van der Waals surface area (Å²) >= 11 is 0. The normalized spacial score (nSPS) is 24.5. The highest BCUT2D eigenvalue weighted by Gasteiger charge is 2.44. The zero-order valence-electron chi connectivity index (χ0n) is 12.9. The summed E-state index contributed by atoms with van der Waals surface area (Å²) < 4.78 is 32.9. The van der Waals surface area contributed by atoms with E-state index in [9.17, 15) is 18.3 Å². The van der Waals surface area contributed by atoms with E-state index < -0.39 is 21.5 Å². The van der Waals surface area contributed by atoms with Gasteiger partial charge in [0, 0.05) is 25.9 Å². The third kappa shape index (κ3) is 2.93. The average Bonchev–Trinajstić information content (AvgIpc) is 2.88. The van der Waals surface area contributed by atoms with Crippen LogP contribution in [0.5, 0.6) is 0 Å². The number of rotatable bonds is 4. The maximum absolute atomic E-state index is 12.7. The number of hydrogen-bond acceptors (Lipinski definition) is 5. The number of carbonyl (C=O) groups is 1. The maximum atomic E-state index is 12.7. The van der Waals surface area contributed by atoms with Crippen LogP contribution in [-0.2, 0) is 26.0 Å². The van der Waals surface area contributed by atoms with Crippen LogP contribution in [0.4, 0.5) is 5.69 Å². The van der Waals surface area contributed by atoms with Crippen LogP contribution in [0.3, 0.4) is 0 Å². The predicted octanol–water partition coefficient (Wildman–Crippen LogP) is 0.591. The Morgan fingerprint density at radius 3 is 2.87 bits per heavy atom. The summed E-state index contributed by atoms with van der Waals surface area (Å²) in [7, 11) is -2.04. The maximum Gasteiger partial charge on any atom is 0.327 e. The molecular weight excluding hydrogens is 320 g/mol. The monoisotopic (exact) mass is 340 g/mol. The van der Waals surface area contributed by atoms with E-state index in [1.807, 2.05) is 11.9 Å². The van der Waals surface area contributed by atoms with Crippen LogP contribution in [0.2, 0.25) is 0 Å². The van der Waals surface area contributed by atoms with Crippen LogP contribution in [-0.4, -0.2) is 51.8 Å². The van der Waals surface area contributed by atoms with Crippen molar-refractivity contribution in [1.82, 2.24) is 4.72 Å². The van der Waals surface area contributed by atoms with E-state index in [0.717, 1.165) is 24.2 Å². The number of nitrogens with one attached hydrogen (secondary N) is 1. The van der Waals surface area contributed by atoms with Crippen molar-refractivity contribution >= 4 is 21.7 Å². The first kappa shape index (κ1) is 16.2. The summed E-state index contributed by atoms with van der Waals surface area (Å²) in [5.41, 5.74) is 0.375. The molecule has 2 N–H and O–H groups in total. The third-order valence-corrected chi connectivity index (χ3v) is 6.01. The van der Waals surface area contributed by atoms with Gasteiger partial charge in [0.2, 0.25) is 10.0 Å². The number of carboxylic acid groups (broad SMARTS) is 1. The molecule has 126 valence electrons. The Hall–Kier alpha value is -1.64. The van der Waals surface area contributed by atoms with E-state index in [4.69, 9.17) is 4.74 Å². The van der Waals surface area contributed by atoms with Gasteiger partial charge in [0.05, 0.1) is 11.5 Å². The fraction of sp³-hybridized carbons (Fsp3) is 0.533. The molecule has 2 aliphatic heterocycles. The lowest BCUT2D eigenvalue weighted by Crippen LogP contribution is -2.59. The van der Waals surface area contributed by atoms with Crippen LogP contribution in [0, 0.1) is 0 Å². The standard InChI is InChI=1S/C15H20N2O5S/c1-17-7-5-11-3-4-12(9-13(11)17)23(20,21)16-15(14(18)19)6-2-8-22-10-15/h3-4,9,16H,2,5-8,10H2,1H3,(H,18,19). The summed E-state index contributed by atoms with van der Waals surface area (Å²) in [4.78, 5) is 13.7. The van der Waals surface area contributed by atoms with Crippen molar-refractivity contribution in [1.29, 1.82) is 0 Å². The van der Waals surface area contributed by atoms with Crippen molar-refractivity contribution in [3.05, 3.63) is 23.8 Å². The molecule has 0 bridgehead atoms. The van der Waals surface area contributed by atoms with Gasteiger partial charge in [0.25, 0.3) is 0 Å². The number of ether oxygens (including phenoxy) is 1. The number of fused-ring (bicyclic) bond motifs is 1. The molecule has 1 aromatic carbocycles. The van der Waals surface area contributed by atoms with Crippen molar-refractivity contribution in [2.24, 2.45) is 0 Å². The molecule has 0 aromatic heterocycles. The lowest BCUT2D eigenvalue weighted by Gasteiger charge is -2.33. The molecule has 23 heavy (non-hydrogen) atoms. The summed E-state index contributed by atoms with van der Waals surface area (Å²) in [5, 5.41) is 9.48. The van der Waals surface area contributed by atoms with Crippen molar-refractivity contribution in [3.63, 3.8) is 0 Å². The first-order chi connectivity index (χ1) is 10.8. The van der Waals surface area contributed by atoms with Gasteiger partial charge in [0.15, 0.2) is 5.54 Å². The SMILES string of the molecule is CN1CCc2ccc(S(=O)(=O)NC3(C(=O)O)CCCOC3)cc21. The van der Waals surface area contributed by atoms with Crippen molar-refractivity contribution < 1.29 is 23.1 Å². The number of anilines is 1. The fourth-order valence-electron chi connectivity index (χ4n) is 3.09. The lowest BCUT2D eigenvalue weighted by atomic mass is 9.94. The first-order valence-electron chi connectivity index (χ1n) is 7.53. The Balaban J connectivity index is 1.92. The zero-order chi connectivity index (χ0) is 16.7. The second-order valence-corrected chi connectivity index (χ2v) is 7.79. The molecule has 2 heterocycles. The number of sulfonamides is 1. The molecule has 0 saturated carbocycles. The van der Waals surface area contributed by atoms with Gasteiger partial charge in [-0.05, 0) is 37.0 Å². The molecule has 3 rings (SSSR count). The molecule has 8 heteroatoms. The highest BCUT2D eigenvalue weighted by atomic mass is 32.2. The van der Waals surface area contributed by atoms with Gasteiger partial charge in [-0.1, -0.05) is 6.07 Å². The number of likely N-dealkylation sites (N-methyl/N-ethyl adjacent to an activating group) is 1. The summed E-state index contributed by atoms with van der Waals surface area (Å²) in [5.74, 6) is -1.21. The minimum absolute atomic E-state index is 0.0798. The summed E-state index contributed by atoms with van der Waals surface area (Å²) in [6.07, 6.45) is 1.60. The van der Waals surface area contributed by atoms with Crippen molar-refractivity contribution in [3.8, 4) is 0 Å². The van der Waals surface area contributed by atoms with Crippen LogP contribution in [0.25, 0.3) is 0 Å². The van der Waals surface area contributed by atoms with Gasteiger partial charge >= 0.3 is 5.97 Å². The van der Waals surface area contributed by atoms with E-state index >= 15 is 0 Å². The number of aliphatic carboxylic acids is 1. The Labute approximate surface area is 135 Å². The molecule has 7 nitrogen and oxygen atoms in total. The lowest BCUT2D eigenvalue weighted by molar-refractivity contribution is -0.149. The summed E-state index contributed by atoms with van der Waals surface area (Å²) in [6, 6.07) is 4.92. The van der Waals surface area contributed by atoms with Gasteiger partial charge < -0.3 is 14.7 Å². The van der Waals surface area contributed by atoms with Gasteiger partial charge in [-0.2, -0.15) is 4.72 Å². The number of nitrogens with zero attached hydrogens (tertiary/aromatic N) is 1. The quantitative estimate of drug-likeness (QED) is 0.833. The Morgan fingerprint density at radius 1 is 1.43 bits per heavy atom. The Bertz CT molecular complexity index is 725. The van der Waals surface area contributed by atoms with Crippen molar-refractivity contribution in [2.75, 3.05) is 31.7 Å². The minimum atomic E-state index is -3.95. The summed E-state index contributed by atoms with van der Waals surface area (Å²) in [6.45, 7) is 1.13. The van der Waals surface area contributed by atoms with Gasteiger partial charge in [-0.25, -0.2) is 8.42 Å². The highest BCUT2D eigenvalue weighted by molar-refractivity contribution is 7.89. The Morgan fingerprint density at radius 2 is 2.22 bits per heavy atom. The average molecular weight is 340 g/mol. The first-order valence-corrected chi connectivity index (χ1v) is 9.02. The second-order valence-electron chi connectivity index (χ2n) is 6.11. The fourth-order valence-corrected chi connectivity index (χ4v) is 4.48. The largest absolute Gasteiger partial charge is 0.480 e. The van der Waals surface area contributed by atoms with E-state index in [2.05, 4.69) is 4.72 Å². The molecule has 1 atom stereocenters. The molecule has 2 aliphatic rings. The van der Waals surface area contributed by atoms with Gasteiger partial charge in [-0.3, -0.25) is 4.79 Å². The van der Waals surface area contributed by atoms with Gasteiger partial charge in [-0.15, -0.1) is 0 Å². The Kier molecular flexibility index (Phi) is 4.07. The highest BCUT2D eigenvalue weighted by Crippen LogP contribution is 2.30. The number of hydrogen-bond donors (Lipinski definition) is 2. The van der Waals surface area contributed by atoms with E-state index in [-0.39, 0.29) is 17.9 Å². The second kappa shape index (κ2) is 5.77. The topological polar surface area (TPSA) is 95.9 Å². The van der Waals surface area contributed by atoms with E-state index in [1.54, 1.807) is 12.1 Å². The predicted molar refractivity (Wildman–Crippen MR) is 84.2 cm³/mol. The number of benzene rings is 1. The molecule has 0 spiro atoms. The molecule has 1 fully saturated rings. The van der Waals surface area contributed by atoms with Crippen LogP contribution in [0.1, 0.15) is 18.4 Å².